The van der Waals surface area contributed by atoms with Crippen LogP contribution in [0.1, 0.15) is 56.3 Å². The van der Waals surface area contributed by atoms with Gasteiger partial charge in [-0.25, -0.2) is 0 Å². The van der Waals surface area contributed by atoms with Crippen molar-refractivity contribution in [3.63, 3.8) is 0 Å². The van der Waals surface area contributed by atoms with Gasteiger partial charge in [-0.2, -0.15) is 0 Å². The fourth-order valence-electron chi connectivity index (χ4n) is 3.25. The number of halogens is 1. The van der Waals surface area contributed by atoms with Crippen LogP contribution in [0.2, 0.25) is 5.02 Å². The van der Waals surface area contributed by atoms with Crippen LogP contribution in [0, 0.1) is 0 Å². The van der Waals surface area contributed by atoms with Crippen molar-refractivity contribution in [3.05, 3.63) is 34.9 Å². The highest BCUT2D eigenvalue weighted by atomic mass is 35.5. The number of benzene rings is 1. The molecule has 25 heavy (non-hydrogen) atoms. The Morgan fingerprint density at radius 3 is 2.32 bits per heavy atom. The van der Waals surface area contributed by atoms with E-state index in [4.69, 9.17) is 11.6 Å². The molecule has 0 N–H and O–H groups in total. The van der Waals surface area contributed by atoms with E-state index in [0.29, 0.717) is 16.6 Å². The SMILES string of the molecule is CCCCC(C)N1CCN(C(=O)CCC(=O)c2ccc(Cl)cc2)CC1. The van der Waals surface area contributed by atoms with E-state index in [1.165, 1.54) is 19.3 Å². The molecule has 1 fully saturated rings. The molecule has 1 unspecified atom stereocenters. The molecule has 0 saturated carbocycles. The molecule has 1 atom stereocenters. The zero-order valence-corrected chi connectivity index (χ0v) is 16.1. The minimum atomic E-state index is -0.00293. The number of unbranched alkanes of at least 4 members (excludes halogenated alkanes) is 1. The van der Waals surface area contributed by atoms with Gasteiger partial charge in [-0.05, 0) is 37.6 Å². The molecule has 0 spiro atoms. The van der Waals surface area contributed by atoms with E-state index in [1.54, 1.807) is 24.3 Å². The number of amides is 1. The molecule has 138 valence electrons. The first-order valence-electron chi connectivity index (χ1n) is 9.32. The second kappa shape index (κ2) is 9.93. The summed E-state index contributed by atoms with van der Waals surface area (Å²) in [5.74, 6) is 0.0833. The van der Waals surface area contributed by atoms with Gasteiger partial charge in [0, 0.05) is 55.6 Å². The monoisotopic (exact) mass is 364 g/mol. The van der Waals surface area contributed by atoms with Gasteiger partial charge in [0.2, 0.25) is 5.91 Å². The molecule has 0 radical (unpaired) electrons. The molecule has 1 amide bonds. The molecule has 2 rings (SSSR count). The average Bonchev–Trinajstić information content (AvgIpc) is 2.64. The number of rotatable bonds is 8. The second-order valence-electron chi connectivity index (χ2n) is 6.84. The van der Waals surface area contributed by atoms with E-state index in [0.717, 1.165) is 26.2 Å². The van der Waals surface area contributed by atoms with Gasteiger partial charge >= 0.3 is 0 Å². The molecule has 0 aliphatic carbocycles. The Balaban J connectivity index is 1.73. The lowest BCUT2D eigenvalue weighted by molar-refractivity contribution is -0.133. The zero-order valence-electron chi connectivity index (χ0n) is 15.3. The van der Waals surface area contributed by atoms with Crippen molar-refractivity contribution < 1.29 is 9.59 Å². The largest absolute Gasteiger partial charge is 0.340 e. The number of carbonyl (C=O) groups excluding carboxylic acids is 2. The summed E-state index contributed by atoms with van der Waals surface area (Å²) in [6, 6.07) is 7.42. The number of hydrogen-bond donors (Lipinski definition) is 0. The van der Waals surface area contributed by atoms with Crippen molar-refractivity contribution in [1.29, 1.82) is 0 Å². The fourth-order valence-corrected chi connectivity index (χ4v) is 3.38. The highest BCUT2D eigenvalue weighted by Crippen LogP contribution is 2.15. The van der Waals surface area contributed by atoms with Crippen LogP contribution in [0.25, 0.3) is 0 Å². The predicted molar refractivity (Wildman–Crippen MR) is 102 cm³/mol. The normalized spacial score (nSPS) is 16.7. The number of piperazine rings is 1. The molecule has 0 bridgehead atoms. The standard InChI is InChI=1S/C20H29ClN2O2/c1-3-4-5-16(2)22-12-14-23(15-13-22)20(25)11-10-19(24)17-6-8-18(21)9-7-17/h6-9,16H,3-5,10-15H2,1-2H3. The van der Waals surface area contributed by atoms with Crippen LogP contribution < -0.4 is 0 Å². The Morgan fingerprint density at radius 2 is 1.72 bits per heavy atom. The molecule has 1 saturated heterocycles. The summed E-state index contributed by atoms with van der Waals surface area (Å²) in [5.41, 5.74) is 0.617. The van der Waals surface area contributed by atoms with Gasteiger partial charge in [0.15, 0.2) is 5.78 Å². The van der Waals surface area contributed by atoms with E-state index in [9.17, 15) is 9.59 Å². The second-order valence-corrected chi connectivity index (χ2v) is 7.27. The van der Waals surface area contributed by atoms with E-state index >= 15 is 0 Å². The molecular weight excluding hydrogens is 336 g/mol. The number of hydrogen-bond acceptors (Lipinski definition) is 3. The van der Waals surface area contributed by atoms with Gasteiger partial charge < -0.3 is 4.90 Å². The summed E-state index contributed by atoms with van der Waals surface area (Å²) in [6.45, 7) is 7.89. The van der Waals surface area contributed by atoms with E-state index < -0.39 is 0 Å². The Labute approximate surface area is 156 Å². The van der Waals surface area contributed by atoms with Crippen LogP contribution in [0.5, 0.6) is 0 Å². The highest BCUT2D eigenvalue weighted by Gasteiger charge is 2.24. The Morgan fingerprint density at radius 1 is 1.08 bits per heavy atom. The Bertz CT molecular complexity index is 566. The number of Topliss-reactive ketones (excluding diaryl/α,β-unsaturated/α-hetero) is 1. The lowest BCUT2D eigenvalue weighted by Gasteiger charge is -2.38. The third-order valence-electron chi connectivity index (χ3n) is 5.00. The van der Waals surface area contributed by atoms with Crippen molar-refractivity contribution in [2.24, 2.45) is 0 Å². The van der Waals surface area contributed by atoms with Gasteiger partial charge in [0.1, 0.15) is 0 Å². The molecule has 5 heteroatoms. The first-order chi connectivity index (χ1) is 12.0. The lowest BCUT2D eigenvalue weighted by Crippen LogP contribution is -2.51. The van der Waals surface area contributed by atoms with Gasteiger partial charge in [-0.3, -0.25) is 14.5 Å². The van der Waals surface area contributed by atoms with E-state index in [1.807, 2.05) is 4.90 Å². The summed E-state index contributed by atoms with van der Waals surface area (Å²) >= 11 is 5.83. The Kier molecular flexibility index (Phi) is 7.91. The molecule has 1 aromatic carbocycles. The van der Waals surface area contributed by atoms with E-state index in [-0.39, 0.29) is 24.5 Å². The third-order valence-corrected chi connectivity index (χ3v) is 5.25. The average molecular weight is 365 g/mol. The Hall–Kier alpha value is -1.39. The van der Waals surface area contributed by atoms with Gasteiger partial charge in [-0.15, -0.1) is 0 Å². The van der Waals surface area contributed by atoms with Crippen molar-refractivity contribution in [2.45, 2.75) is 52.0 Å². The maximum Gasteiger partial charge on any atom is 0.223 e. The summed E-state index contributed by atoms with van der Waals surface area (Å²) < 4.78 is 0. The number of carbonyl (C=O) groups is 2. The summed E-state index contributed by atoms with van der Waals surface area (Å²) in [7, 11) is 0. The van der Waals surface area contributed by atoms with Crippen LogP contribution in [-0.2, 0) is 4.79 Å². The van der Waals surface area contributed by atoms with Crippen LogP contribution in [-0.4, -0.2) is 53.7 Å². The topological polar surface area (TPSA) is 40.6 Å². The molecule has 1 aliphatic rings. The summed E-state index contributed by atoms with van der Waals surface area (Å²) in [5, 5.41) is 0.610. The summed E-state index contributed by atoms with van der Waals surface area (Å²) in [6.07, 6.45) is 4.25. The van der Waals surface area contributed by atoms with Gasteiger partial charge in [0.25, 0.3) is 0 Å². The van der Waals surface area contributed by atoms with Crippen LogP contribution >= 0.6 is 11.6 Å². The fraction of sp³-hybridized carbons (Fsp3) is 0.600. The quantitative estimate of drug-likeness (QED) is 0.654. The van der Waals surface area contributed by atoms with Crippen LogP contribution in [0.3, 0.4) is 0 Å². The first kappa shape index (κ1) is 19.9. The third kappa shape index (κ3) is 6.12. The van der Waals surface area contributed by atoms with Crippen LogP contribution in [0.4, 0.5) is 0 Å². The molecular formula is C20H29ClN2O2. The molecule has 1 aliphatic heterocycles. The van der Waals surface area contributed by atoms with Gasteiger partial charge in [0.05, 0.1) is 0 Å². The zero-order chi connectivity index (χ0) is 18.2. The lowest BCUT2D eigenvalue weighted by atomic mass is 10.1. The van der Waals surface area contributed by atoms with Gasteiger partial charge in [-0.1, -0.05) is 31.4 Å². The maximum absolute atomic E-state index is 12.4. The first-order valence-corrected chi connectivity index (χ1v) is 9.69. The molecule has 4 nitrogen and oxygen atoms in total. The van der Waals surface area contributed by atoms with Crippen molar-refractivity contribution >= 4 is 23.3 Å². The van der Waals surface area contributed by atoms with Crippen LogP contribution in [0.15, 0.2) is 24.3 Å². The predicted octanol–water partition coefficient (Wildman–Crippen LogP) is 4.03. The summed E-state index contributed by atoms with van der Waals surface area (Å²) in [4.78, 5) is 28.9. The minimum absolute atomic E-state index is 0.00293. The molecule has 0 aromatic heterocycles. The molecule has 1 heterocycles. The minimum Gasteiger partial charge on any atom is -0.340 e. The number of ketones is 1. The van der Waals surface area contributed by atoms with Crippen molar-refractivity contribution in [3.8, 4) is 0 Å². The number of nitrogens with zero attached hydrogens (tertiary/aromatic N) is 2. The van der Waals surface area contributed by atoms with E-state index in [2.05, 4.69) is 18.7 Å². The smallest absolute Gasteiger partial charge is 0.223 e. The maximum atomic E-state index is 12.4. The molecule has 1 aromatic rings. The van der Waals surface area contributed by atoms with Crippen molar-refractivity contribution in [2.75, 3.05) is 26.2 Å². The van der Waals surface area contributed by atoms with Crippen molar-refractivity contribution in [1.82, 2.24) is 9.80 Å². The highest BCUT2D eigenvalue weighted by molar-refractivity contribution is 6.30.